The normalized spacial score (nSPS) is 14.5. The van der Waals surface area contributed by atoms with Gasteiger partial charge in [-0.2, -0.15) is 0 Å². The highest BCUT2D eigenvalue weighted by molar-refractivity contribution is 6.19. The van der Waals surface area contributed by atoms with Crippen LogP contribution in [0.15, 0.2) is 66.9 Å². The van der Waals surface area contributed by atoms with Gasteiger partial charge in [-0.3, -0.25) is 9.78 Å². The second-order valence-corrected chi connectivity index (χ2v) is 5.30. The zero-order chi connectivity index (χ0) is 16.5. The Hall–Kier alpha value is -3.41. The Kier molecular flexibility index (Phi) is 3.35. The number of amides is 3. The van der Waals surface area contributed by atoms with Gasteiger partial charge >= 0.3 is 6.03 Å². The SMILES string of the molecule is O=C1CN(Oc2ccnc3ccccc23)C(=O)N1c1ccccc1. The molecule has 0 radical (unpaired) electrons. The van der Waals surface area contributed by atoms with Crippen molar-refractivity contribution in [2.75, 3.05) is 11.4 Å². The van der Waals surface area contributed by atoms with E-state index in [4.69, 9.17) is 4.84 Å². The van der Waals surface area contributed by atoms with Crippen molar-refractivity contribution in [1.82, 2.24) is 10.0 Å². The van der Waals surface area contributed by atoms with Gasteiger partial charge in [-0.1, -0.05) is 30.3 Å². The number of hydrogen-bond donors (Lipinski definition) is 0. The fourth-order valence-electron chi connectivity index (χ4n) is 2.65. The number of carbonyl (C=O) groups excluding carboxylic acids is 2. The number of fused-ring (bicyclic) bond motifs is 1. The maximum Gasteiger partial charge on any atom is 0.364 e. The lowest BCUT2D eigenvalue weighted by atomic mass is 10.2. The Balaban J connectivity index is 1.64. The second kappa shape index (κ2) is 5.66. The van der Waals surface area contributed by atoms with Crippen LogP contribution in [0, 0.1) is 0 Å². The maximum atomic E-state index is 12.5. The first kappa shape index (κ1) is 14.2. The van der Waals surface area contributed by atoms with E-state index in [9.17, 15) is 9.59 Å². The van der Waals surface area contributed by atoms with Crippen molar-refractivity contribution in [2.45, 2.75) is 0 Å². The van der Waals surface area contributed by atoms with Gasteiger partial charge in [0.25, 0.3) is 5.91 Å². The van der Waals surface area contributed by atoms with E-state index in [1.807, 2.05) is 30.3 Å². The Morgan fingerprint density at radius 2 is 1.67 bits per heavy atom. The number of anilines is 1. The van der Waals surface area contributed by atoms with Gasteiger partial charge < -0.3 is 4.84 Å². The molecule has 0 N–H and O–H groups in total. The number of rotatable bonds is 3. The van der Waals surface area contributed by atoms with Crippen LogP contribution in [0.3, 0.4) is 0 Å². The zero-order valence-corrected chi connectivity index (χ0v) is 12.6. The van der Waals surface area contributed by atoms with Crippen molar-refractivity contribution < 1.29 is 14.4 Å². The molecule has 3 amide bonds. The molecule has 3 aromatic rings. The van der Waals surface area contributed by atoms with E-state index < -0.39 is 6.03 Å². The summed E-state index contributed by atoms with van der Waals surface area (Å²) in [6.07, 6.45) is 1.61. The van der Waals surface area contributed by atoms with Crippen LogP contribution in [-0.4, -0.2) is 28.5 Å². The predicted molar refractivity (Wildman–Crippen MR) is 88.4 cm³/mol. The van der Waals surface area contributed by atoms with Gasteiger partial charge in [-0.05, 0) is 24.3 Å². The number of nitrogens with zero attached hydrogens (tertiary/aromatic N) is 3. The summed E-state index contributed by atoms with van der Waals surface area (Å²) in [6.45, 7) is -0.135. The maximum absolute atomic E-state index is 12.5. The highest BCUT2D eigenvalue weighted by Gasteiger charge is 2.39. The van der Waals surface area contributed by atoms with Crippen LogP contribution in [0.25, 0.3) is 10.9 Å². The number of pyridine rings is 1. The summed E-state index contributed by atoms with van der Waals surface area (Å²) in [5.74, 6) is 0.154. The Morgan fingerprint density at radius 1 is 0.917 bits per heavy atom. The number of aromatic nitrogens is 1. The largest absolute Gasteiger partial charge is 0.374 e. The van der Waals surface area contributed by atoms with Gasteiger partial charge in [0.1, 0.15) is 6.54 Å². The van der Waals surface area contributed by atoms with E-state index in [-0.39, 0.29) is 12.5 Å². The number of hydrogen-bond acceptors (Lipinski definition) is 4. The van der Waals surface area contributed by atoms with E-state index in [2.05, 4.69) is 4.98 Å². The van der Waals surface area contributed by atoms with Crippen molar-refractivity contribution in [3.05, 3.63) is 66.9 Å². The third-order valence-electron chi connectivity index (χ3n) is 3.76. The second-order valence-electron chi connectivity index (χ2n) is 5.30. The number of carbonyl (C=O) groups is 2. The van der Waals surface area contributed by atoms with E-state index in [1.54, 1.807) is 36.5 Å². The molecule has 118 valence electrons. The minimum atomic E-state index is -0.507. The zero-order valence-electron chi connectivity index (χ0n) is 12.6. The number of imide groups is 1. The van der Waals surface area contributed by atoms with Crippen LogP contribution in [0.2, 0.25) is 0 Å². The van der Waals surface area contributed by atoms with Gasteiger partial charge in [0.05, 0.1) is 11.2 Å². The van der Waals surface area contributed by atoms with Crippen molar-refractivity contribution in [1.29, 1.82) is 0 Å². The molecule has 0 bridgehead atoms. The average molecular weight is 319 g/mol. The van der Waals surface area contributed by atoms with E-state index in [1.165, 1.54) is 0 Å². The molecule has 1 aromatic heterocycles. The highest BCUT2D eigenvalue weighted by Crippen LogP contribution is 2.27. The molecule has 24 heavy (non-hydrogen) atoms. The summed E-state index contributed by atoms with van der Waals surface area (Å²) in [5, 5.41) is 1.84. The van der Waals surface area contributed by atoms with Gasteiger partial charge in [0.2, 0.25) is 0 Å². The van der Waals surface area contributed by atoms with Crippen LogP contribution < -0.4 is 9.74 Å². The van der Waals surface area contributed by atoms with Gasteiger partial charge in [0.15, 0.2) is 5.75 Å². The predicted octanol–water partition coefficient (Wildman–Crippen LogP) is 3.00. The molecule has 6 nitrogen and oxygen atoms in total. The number of benzene rings is 2. The molecule has 6 heteroatoms. The minimum Gasteiger partial charge on any atom is -0.374 e. The third-order valence-corrected chi connectivity index (χ3v) is 3.76. The molecule has 0 saturated carbocycles. The summed E-state index contributed by atoms with van der Waals surface area (Å²) in [7, 11) is 0. The van der Waals surface area contributed by atoms with E-state index in [0.717, 1.165) is 20.9 Å². The number of hydroxylamine groups is 2. The fourth-order valence-corrected chi connectivity index (χ4v) is 2.65. The molecular formula is C18H13N3O3. The molecule has 1 aliphatic rings. The molecule has 2 heterocycles. The Morgan fingerprint density at radius 3 is 2.50 bits per heavy atom. The molecule has 1 aliphatic heterocycles. The molecule has 1 saturated heterocycles. The molecule has 0 aliphatic carbocycles. The summed E-state index contributed by atoms with van der Waals surface area (Å²) in [5.41, 5.74) is 1.28. The molecule has 0 unspecified atom stereocenters. The summed E-state index contributed by atoms with van der Waals surface area (Å²) in [4.78, 5) is 35.8. The quantitative estimate of drug-likeness (QED) is 0.696. The summed E-state index contributed by atoms with van der Waals surface area (Å²) in [6, 6.07) is 17.4. The molecule has 1 fully saturated rings. The van der Waals surface area contributed by atoms with Crippen LogP contribution in [0.1, 0.15) is 0 Å². The van der Waals surface area contributed by atoms with Crippen molar-refractivity contribution >= 4 is 28.5 Å². The first-order valence-electron chi connectivity index (χ1n) is 7.45. The Bertz CT molecular complexity index is 922. The lowest BCUT2D eigenvalue weighted by Crippen LogP contribution is -2.34. The molecule has 4 rings (SSSR count). The molecule has 0 atom stereocenters. The average Bonchev–Trinajstić information content (AvgIpc) is 2.90. The molecule has 2 aromatic carbocycles. The topological polar surface area (TPSA) is 62.7 Å². The smallest absolute Gasteiger partial charge is 0.364 e. The fraction of sp³-hybridized carbons (Fsp3) is 0.0556. The van der Waals surface area contributed by atoms with Crippen LogP contribution in [0.4, 0.5) is 10.5 Å². The molecular weight excluding hydrogens is 306 g/mol. The Labute approximate surface area is 137 Å². The first-order chi connectivity index (χ1) is 11.7. The lowest BCUT2D eigenvalue weighted by molar-refractivity contribution is -0.119. The summed E-state index contributed by atoms with van der Waals surface area (Å²) < 4.78 is 0. The first-order valence-corrected chi connectivity index (χ1v) is 7.45. The van der Waals surface area contributed by atoms with E-state index in [0.29, 0.717) is 11.4 Å². The van der Waals surface area contributed by atoms with Crippen molar-refractivity contribution in [3.63, 3.8) is 0 Å². The lowest BCUT2D eigenvalue weighted by Gasteiger charge is -2.18. The minimum absolute atomic E-state index is 0.135. The molecule has 0 spiro atoms. The van der Waals surface area contributed by atoms with Crippen molar-refractivity contribution in [3.8, 4) is 5.75 Å². The monoisotopic (exact) mass is 319 g/mol. The van der Waals surface area contributed by atoms with Gasteiger partial charge in [-0.25, -0.2) is 9.69 Å². The highest BCUT2D eigenvalue weighted by atomic mass is 16.7. The van der Waals surface area contributed by atoms with Crippen LogP contribution in [0.5, 0.6) is 5.75 Å². The van der Waals surface area contributed by atoms with Crippen molar-refractivity contribution in [2.24, 2.45) is 0 Å². The number of urea groups is 1. The van der Waals surface area contributed by atoms with Crippen LogP contribution in [-0.2, 0) is 4.79 Å². The van der Waals surface area contributed by atoms with Gasteiger partial charge in [-0.15, -0.1) is 5.06 Å². The van der Waals surface area contributed by atoms with E-state index >= 15 is 0 Å². The number of para-hydroxylation sites is 2. The van der Waals surface area contributed by atoms with Crippen LogP contribution >= 0.6 is 0 Å². The summed E-state index contributed by atoms with van der Waals surface area (Å²) >= 11 is 0. The third kappa shape index (κ3) is 2.34. The standard InChI is InChI=1S/C18H13N3O3/c22-17-12-20(18(23)21(17)13-6-2-1-3-7-13)24-16-10-11-19-15-9-5-4-8-14(15)16/h1-11H,12H2. The van der Waals surface area contributed by atoms with Gasteiger partial charge in [0, 0.05) is 17.6 Å².